The number of aromatic nitrogens is 2. The van der Waals surface area contributed by atoms with Gasteiger partial charge in [0, 0.05) is 25.0 Å². The highest BCUT2D eigenvalue weighted by Crippen LogP contribution is 2.18. The van der Waals surface area contributed by atoms with Gasteiger partial charge in [0.25, 0.3) is 11.5 Å². The number of carbonyl (C=O) groups excluding carboxylic acids is 2. The van der Waals surface area contributed by atoms with E-state index >= 15 is 0 Å². The molecule has 28 heavy (non-hydrogen) atoms. The molecule has 1 fully saturated rings. The topological polar surface area (TPSA) is 93.1 Å². The van der Waals surface area contributed by atoms with Crippen LogP contribution in [0, 0.1) is 0 Å². The highest BCUT2D eigenvalue weighted by Gasteiger charge is 2.18. The number of hydrogen-bond donors (Lipinski definition) is 2. The van der Waals surface area contributed by atoms with Gasteiger partial charge in [-0.1, -0.05) is 49.2 Å². The van der Waals surface area contributed by atoms with Gasteiger partial charge in [-0.05, 0) is 25.0 Å². The van der Waals surface area contributed by atoms with Crippen LogP contribution < -0.4 is 16.2 Å². The maximum absolute atomic E-state index is 12.5. The number of hydrogen-bond acceptors (Lipinski definition) is 5. The summed E-state index contributed by atoms with van der Waals surface area (Å²) in [5.41, 5.74) is 0.119. The van der Waals surface area contributed by atoms with Crippen LogP contribution in [0.25, 0.3) is 0 Å². The first kappa shape index (κ1) is 20.1. The van der Waals surface area contributed by atoms with Crippen molar-refractivity contribution >= 4 is 29.3 Å². The number of anilines is 1. The predicted molar refractivity (Wildman–Crippen MR) is 110 cm³/mol. The number of para-hydroxylation sites is 1. The molecule has 7 nitrogen and oxygen atoms in total. The lowest BCUT2D eigenvalue weighted by Gasteiger charge is -2.22. The van der Waals surface area contributed by atoms with E-state index in [2.05, 4.69) is 15.6 Å². The van der Waals surface area contributed by atoms with Crippen LogP contribution in [0.1, 0.15) is 42.5 Å². The lowest BCUT2D eigenvalue weighted by atomic mass is 9.95. The Labute approximate surface area is 167 Å². The summed E-state index contributed by atoms with van der Waals surface area (Å²) in [6, 6.07) is 9.17. The fraction of sp³-hybridized carbons (Fsp3) is 0.400. The van der Waals surface area contributed by atoms with Crippen molar-refractivity contribution in [1.82, 2.24) is 14.9 Å². The van der Waals surface area contributed by atoms with Crippen molar-refractivity contribution in [3.05, 3.63) is 52.4 Å². The summed E-state index contributed by atoms with van der Waals surface area (Å²) >= 11 is 1.19. The average molecular weight is 401 g/mol. The van der Waals surface area contributed by atoms with E-state index < -0.39 is 11.5 Å². The molecule has 1 heterocycles. The standard InChI is InChI=1S/C20H24N4O3S/c1-24-19(27)16(18(26)23-15-10-6-3-7-11-15)12-21-20(24)28-13-17(25)22-14-8-4-2-5-9-14/h3,6-7,10-12,14H,2,4-5,8-9,13H2,1H3,(H,22,25)(H,23,26). The third kappa shape index (κ3) is 5.22. The first-order valence-electron chi connectivity index (χ1n) is 9.39. The van der Waals surface area contributed by atoms with Gasteiger partial charge in [0.15, 0.2) is 5.16 Å². The number of carbonyl (C=O) groups is 2. The molecule has 1 aromatic carbocycles. The van der Waals surface area contributed by atoms with Crippen LogP contribution in [0.4, 0.5) is 5.69 Å². The molecule has 1 aliphatic rings. The van der Waals surface area contributed by atoms with E-state index in [0.29, 0.717) is 10.8 Å². The molecule has 0 spiro atoms. The second kappa shape index (κ2) is 9.54. The molecule has 0 aliphatic heterocycles. The molecule has 3 rings (SSSR count). The number of benzene rings is 1. The Morgan fingerprint density at radius 3 is 2.61 bits per heavy atom. The summed E-state index contributed by atoms with van der Waals surface area (Å²) < 4.78 is 1.30. The van der Waals surface area contributed by atoms with E-state index in [4.69, 9.17) is 0 Å². The van der Waals surface area contributed by atoms with Gasteiger partial charge in [-0.15, -0.1) is 0 Å². The summed E-state index contributed by atoms with van der Waals surface area (Å²) in [5.74, 6) is -0.380. The van der Waals surface area contributed by atoms with E-state index in [9.17, 15) is 14.4 Å². The van der Waals surface area contributed by atoms with Gasteiger partial charge >= 0.3 is 0 Å². The van der Waals surface area contributed by atoms with Crippen LogP contribution in [0.3, 0.4) is 0 Å². The maximum Gasteiger partial charge on any atom is 0.266 e. The van der Waals surface area contributed by atoms with Crippen LogP contribution in [0.15, 0.2) is 46.5 Å². The second-order valence-corrected chi connectivity index (χ2v) is 7.77. The van der Waals surface area contributed by atoms with Crippen LogP contribution in [-0.2, 0) is 11.8 Å². The Balaban J connectivity index is 1.60. The van der Waals surface area contributed by atoms with Gasteiger partial charge in [-0.2, -0.15) is 0 Å². The smallest absolute Gasteiger partial charge is 0.266 e. The fourth-order valence-corrected chi connectivity index (χ4v) is 3.93. The molecule has 2 aromatic rings. The summed E-state index contributed by atoms with van der Waals surface area (Å²) in [7, 11) is 1.55. The van der Waals surface area contributed by atoms with Crippen LogP contribution >= 0.6 is 11.8 Å². The molecular formula is C20H24N4O3S. The molecule has 8 heteroatoms. The van der Waals surface area contributed by atoms with E-state index in [1.54, 1.807) is 31.3 Å². The van der Waals surface area contributed by atoms with E-state index in [0.717, 1.165) is 25.7 Å². The summed E-state index contributed by atoms with van der Waals surface area (Å²) in [6.07, 6.45) is 6.86. The number of nitrogens with zero attached hydrogens (tertiary/aromatic N) is 2. The van der Waals surface area contributed by atoms with Crippen molar-refractivity contribution in [3.8, 4) is 0 Å². The number of nitrogens with one attached hydrogen (secondary N) is 2. The number of rotatable bonds is 6. The molecule has 1 aromatic heterocycles. The third-order valence-electron chi connectivity index (χ3n) is 4.70. The Hall–Kier alpha value is -2.61. The normalized spacial score (nSPS) is 14.5. The van der Waals surface area contributed by atoms with Crippen molar-refractivity contribution < 1.29 is 9.59 Å². The van der Waals surface area contributed by atoms with Gasteiger partial charge in [-0.3, -0.25) is 19.0 Å². The Bertz CT molecular complexity index is 892. The van der Waals surface area contributed by atoms with Crippen molar-refractivity contribution in [1.29, 1.82) is 0 Å². The second-order valence-electron chi connectivity index (χ2n) is 6.83. The molecule has 1 saturated carbocycles. The molecule has 148 valence electrons. The lowest BCUT2D eigenvalue weighted by Crippen LogP contribution is -2.37. The Kier molecular flexibility index (Phi) is 6.86. The van der Waals surface area contributed by atoms with E-state index in [1.165, 1.54) is 28.9 Å². The van der Waals surface area contributed by atoms with Crippen molar-refractivity contribution in [3.63, 3.8) is 0 Å². The molecule has 0 bridgehead atoms. The molecule has 1 aliphatic carbocycles. The summed E-state index contributed by atoms with van der Waals surface area (Å²) in [4.78, 5) is 41.2. The first-order chi connectivity index (χ1) is 13.5. The van der Waals surface area contributed by atoms with Gasteiger partial charge in [0.05, 0.1) is 5.75 Å². The molecule has 0 atom stereocenters. The molecule has 2 amide bonds. The SMILES string of the molecule is Cn1c(SCC(=O)NC2CCCCC2)ncc(C(=O)Nc2ccccc2)c1=O. The highest BCUT2D eigenvalue weighted by atomic mass is 32.2. The van der Waals surface area contributed by atoms with Crippen molar-refractivity contribution in [2.75, 3.05) is 11.1 Å². The third-order valence-corrected chi connectivity index (χ3v) is 5.75. The summed E-state index contributed by atoms with van der Waals surface area (Å²) in [5, 5.41) is 6.12. The van der Waals surface area contributed by atoms with Gasteiger partial charge in [0.1, 0.15) is 5.56 Å². The fourth-order valence-electron chi connectivity index (χ4n) is 3.19. The predicted octanol–water partition coefficient (Wildman–Crippen LogP) is 2.57. The Morgan fingerprint density at radius 1 is 1.18 bits per heavy atom. The molecule has 2 N–H and O–H groups in total. The first-order valence-corrected chi connectivity index (χ1v) is 10.4. The molecular weight excluding hydrogens is 376 g/mol. The zero-order valence-electron chi connectivity index (χ0n) is 15.8. The quantitative estimate of drug-likeness (QED) is 0.574. The average Bonchev–Trinajstić information content (AvgIpc) is 2.70. The van der Waals surface area contributed by atoms with Crippen LogP contribution in [-0.4, -0.2) is 33.2 Å². The van der Waals surface area contributed by atoms with Crippen LogP contribution in [0.5, 0.6) is 0 Å². The van der Waals surface area contributed by atoms with Gasteiger partial charge in [0.2, 0.25) is 5.91 Å². The minimum absolute atomic E-state index is 0.0395. The zero-order valence-corrected chi connectivity index (χ0v) is 16.6. The molecule has 0 unspecified atom stereocenters. The monoisotopic (exact) mass is 400 g/mol. The minimum atomic E-state index is -0.508. The van der Waals surface area contributed by atoms with E-state index in [1.807, 2.05) is 6.07 Å². The zero-order chi connectivity index (χ0) is 19.9. The highest BCUT2D eigenvalue weighted by molar-refractivity contribution is 7.99. The van der Waals surface area contributed by atoms with Gasteiger partial charge < -0.3 is 10.6 Å². The van der Waals surface area contributed by atoms with Gasteiger partial charge in [-0.25, -0.2) is 4.98 Å². The largest absolute Gasteiger partial charge is 0.353 e. The minimum Gasteiger partial charge on any atom is -0.353 e. The maximum atomic E-state index is 12.5. The lowest BCUT2D eigenvalue weighted by molar-refractivity contribution is -0.119. The molecule has 0 radical (unpaired) electrons. The van der Waals surface area contributed by atoms with Crippen molar-refractivity contribution in [2.45, 2.75) is 43.3 Å². The summed E-state index contributed by atoms with van der Waals surface area (Å²) in [6.45, 7) is 0. The van der Waals surface area contributed by atoms with E-state index in [-0.39, 0.29) is 23.3 Å². The number of amides is 2. The van der Waals surface area contributed by atoms with Crippen LogP contribution in [0.2, 0.25) is 0 Å². The molecule has 0 saturated heterocycles. The number of thioether (sulfide) groups is 1. The van der Waals surface area contributed by atoms with Crippen molar-refractivity contribution in [2.24, 2.45) is 7.05 Å². The Morgan fingerprint density at radius 2 is 1.89 bits per heavy atom.